The Bertz CT molecular complexity index is 311. The summed E-state index contributed by atoms with van der Waals surface area (Å²) in [7, 11) is 1.67. The Morgan fingerprint density at radius 1 is 1.50 bits per heavy atom. The zero-order valence-corrected chi connectivity index (χ0v) is 10.7. The molecule has 0 radical (unpaired) electrons. The maximum absolute atomic E-state index is 12.2. The number of methoxy groups -OCH3 is 1. The van der Waals surface area contributed by atoms with Crippen LogP contribution in [-0.4, -0.2) is 41.9 Å². The first-order chi connectivity index (χ1) is 7.31. The summed E-state index contributed by atoms with van der Waals surface area (Å²) in [5.41, 5.74) is -0.841. The molecule has 2 heterocycles. The summed E-state index contributed by atoms with van der Waals surface area (Å²) in [5, 5.41) is 0. The van der Waals surface area contributed by atoms with Gasteiger partial charge in [0, 0.05) is 7.11 Å². The second-order valence-electron chi connectivity index (χ2n) is 5.64. The molecule has 1 amide bonds. The van der Waals surface area contributed by atoms with Crippen LogP contribution >= 0.6 is 0 Å². The second kappa shape index (κ2) is 3.44. The monoisotopic (exact) mass is 227 g/mol. The Hall–Kier alpha value is -0.610. The minimum atomic E-state index is -0.458. The number of hydrogen-bond acceptors (Lipinski definition) is 3. The lowest BCUT2D eigenvalue weighted by atomic mass is 9.72. The van der Waals surface area contributed by atoms with Crippen LogP contribution in [-0.2, 0) is 14.3 Å². The van der Waals surface area contributed by atoms with E-state index in [1.165, 1.54) is 0 Å². The first-order valence-electron chi connectivity index (χ1n) is 5.83. The van der Waals surface area contributed by atoms with Crippen molar-refractivity contribution in [2.45, 2.75) is 51.5 Å². The molecule has 2 saturated heterocycles. The number of carbonyl (C=O) groups excluding carboxylic acids is 1. The van der Waals surface area contributed by atoms with Gasteiger partial charge in [-0.15, -0.1) is 0 Å². The van der Waals surface area contributed by atoms with Crippen LogP contribution in [0.2, 0.25) is 0 Å². The number of β-lactam (4-membered cyclic amide) rings is 1. The number of ether oxygens (including phenoxy) is 2. The molecule has 0 aromatic carbocycles. The Kier molecular flexibility index (Phi) is 2.55. The minimum absolute atomic E-state index is 0.0272. The smallest absolute Gasteiger partial charge is 0.233 e. The standard InChI is InChI=1S/C12H21NO3/c1-11(2,15-5)9-8-6-7-16-12(3,4)13(8)10(9)14/h8-9H,6-7H2,1-5H3/t8-,9+/m1/s1. The largest absolute Gasteiger partial charge is 0.378 e. The fourth-order valence-corrected chi connectivity index (χ4v) is 2.89. The molecule has 4 heteroatoms. The molecule has 0 aromatic rings. The summed E-state index contributed by atoms with van der Waals surface area (Å²) < 4.78 is 11.1. The van der Waals surface area contributed by atoms with E-state index in [9.17, 15) is 4.79 Å². The molecule has 0 bridgehead atoms. The van der Waals surface area contributed by atoms with E-state index in [1.807, 2.05) is 32.6 Å². The zero-order valence-electron chi connectivity index (χ0n) is 10.7. The van der Waals surface area contributed by atoms with Crippen LogP contribution in [0.25, 0.3) is 0 Å². The highest BCUT2D eigenvalue weighted by atomic mass is 16.5. The van der Waals surface area contributed by atoms with Crippen molar-refractivity contribution in [2.75, 3.05) is 13.7 Å². The van der Waals surface area contributed by atoms with E-state index in [4.69, 9.17) is 9.47 Å². The van der Waals surface area contributed by atoms with Gasteiger partial charge in [-0.25, -0.2) is 0 Å². The predicted octanol–water partition coefficient (Wildman–Crippen LogP) is 1.39. The highest BCUT2D eigenvalue weighted by Gasteiger charge is 2.60. The van der Waals surface area contributed by atoms with Crippen molar-refractivity contribution in [3.8, 4) is 0 Å². The third-order valence-corrected chi connectivity index (χ3v) is 3.94. The van der Waals surface area contributed by atoms with Gasteiger partial charge in [0.2, 0.25) is 5.91 Å². The van der Waals surface area contributed by atoms with E-state index in [2.05, 4.69) is 0 Å². The lowest BCUT2D eigenvalue weighted by Gasteiger charge is -2.60. The Balaban J connectivity index is 2.21. The molecule has 16 heavy (non-hydrogen) atoms. The molecule has 0 saturated carbocycles. The highest BCUT2D eigenvalue weighted by Crippen LogP contribution is 2.45. The third kappa shape index (κ3) is 1.47. The SMILES string of the molecule is COC(C)(C)[C@@H]1C(=O)N2[C@@H]1CCOC2(C)C. The van der Waals surface area contributed by atoms with Crippen LogP contribution in [0.15, 0.2) is 0 Å². The molecule has 0 aromatic heterocycles. The molecule has 2 atom stereocenters. The van der Waals surface area contributed by atoms with Gasteiger partial charge in [0.1, 0.15) is 5.72 Å². The number of amides is 1. The van der Waals surface area contributed by atoms with E-state index in [1.54, 1.807) is 7.11 Å². The Morgan fingerprint density at radius 2 is 2.12 bits per heavy atom. The highest BCUT2D eigenvalue weighted by molar-refractivity contribution is 5.88. The van der Waals surface area contributed by atoms with Gasteiger partial charge in [-0.1, -0.05) is 0 Å². The average Bonchev–Trinajstić information content (AvgIpc) is 2.14. The summed E-state index contributed by atoms with van der Waals surface area (Å²) in [6.07, 6.45) is 0.909. The number of carbonyl (C=O) groups is 1. The van der Waals surface area contributed by atoms with Crippen molar-refractivity contribution in [3.05, 3.63) is 0 Å². The molecule has 2 fully saturated rings. The zero-order chi connectivity index (χ0) is 12.1. The molecule has 2 aliphatic rings. The molecule has 0 N–H and O–H groups in total. The topological polar surface area (TPSA) is 38.8 Å². The molecule has 0 spiro atoms. The summed E-state index contributed by atoms with van der Waals surface area (Å²) in [6.45, 7) is 8.59. The first kappa shape index (κ1) is 11.9. The normalized spacial score (nSPS) is 33.3. The molecule has 4 nitrogen and oxygen atoms in total. The van der Waals surface area contributed by atoms with Gasteiger partial charge >= 0.3 is 0 Å². The van der Waals surface area contributed by atoms with Crippen LogP contribution in [0, 0.1) is 5.92 Å². The number of hydrogen-bond donors (Lipinski definition) is 0. The first-order valence-corrected chi connectivity index (χ1v) is 5.83. The van der Waals surface area contributed by atoms with Gasteiger partial charge in [-0.05, 0) is 34.1 Å². The molecular weight excluding hydrogens is 206 g/mol. The van der Waals surface area contributed by atoms with E-state index < -0.39 is 5.72 Å². The van der Waals surface area contributed by atoms with Crippen LogP contribution < -0.4 is 0 Å². The summed E-state index contributed by atoms with van der Waals surface area (Å²) in [5.74, 6) is 0.127. The number of nitrogens with zero attached hydrogens (tertiary/aromatic N) is 1. The molecule has 2 aliphatic heterocycles. The summed E-state index contributed by atoms with van der Waals surface area (Å²) >= 11 is 0. The minimum Gasteiger partial charge on any atom is -0.378 e. The fraction of sp³-hybridized carbons (Fsp3) is 0.917. The van der Waals surface area contributed by atoms with Gasteiger partial charge < -0.3 is 14.4 Å². The van der Waals surface area contributed by atoms with Gasteiger partial charge in [0.15, 0.2) is 0 Å². The van der Waals surface area contributed by atoms with E-state index >= 15 is 0 Å². The van der Waals surface area contributed by atoms with Crippen molar-refractivity contribution in [3.63, 3.8) is 0 Å². The van der Waals surface area contributed by atoms with Crippen LogP contribution in [0.5, 0.6) is 0 Å². The fourth-order valence-electron chi connectivity index (χ4n) is 2.89. The maximum Gasteiger partial charge on any atom is 0.233 e. The van der Waals surface area contributed by atoms with Gasteiger partial charge in [0.05, 0.1) is 24.2 Å². The van der Waals surface area contributed by atoms with Gasteiger partial charge in [0.25, 0.3) is 0 Å². The average molecular weight is 227 g/mol. The van der Waals surface area contributed by atoms with Crippen molar-refractivity contribution in [1.82, 2.24) is 4.90 Å². The predicted molar refractivity (Wildman–Crippen MR) is 59.9 cm³/mol. The van der Waals surface area contributed by atoms with Crippen molar-refractivity contribution in [2.24, 2.45) is 5.92 Å². The van der Waals surface area contributed by atoms with Crippen LogP contribution in [0.4, 0.5) is 0 Å². The summed E-state index contributed by atoms with van der Waals surface area (Å²) in [6, 6.07) is 0.270. The molecule has 2 rings (SSSR count). The molecule has 0 unspecified atom stereocenters. The Morgan fingerprint density at radius 3 is 2.69 bits per heavy atom. The molecule has 92 valence electrons. The lowest BCUT2D eigenvalue weighted by Crippen LogP contribution is -2.75. The number of rotatable bonds is 2. The van der Waals surface area contributed by atoms with Crippen LogP contribution in [0.1, 0.15) is 34.1 Å². The van der Waals surface area contributed by atoms with Crippen molar-refractivity contribution in [1.29, 1.82) is 0 Å². The lowest BCUT2D eigenvalue weighted by molar-refractivity contribution is -0.250. The summed E-state index contributed by atoms with van der Waals surface area (Å²) in [4.78, 5) is 14.0. The Labute approximate surface area is 96.9 Å². The van der Waals surface area contributed by atoms with Crippen molar-refractivity contribution >= 4 is 5.91 Å². The van der Waals surface area contributed by atoms with E-state index in [0.29, 0.717) is 0 Å². The quantitative estimate of drug-likeness (QED) is 0.669. The maximum atomic E-state index is 12.2. The number of fused-ring (bicyclic) bond motifs is 1. The third-order valence-electron chi connectivity index (χ3n) is 3.94. The van der Waals surface area contributed by atoms with Gasteiger partial charge in [-0.3, -0.25) is 4.79 Å². The van der Waals surface area contributed by atoms with Gasteiger partial charge in [-0.2, -0.15) is 0 Å². The second-order valence-corrected chi connectivity index (χ2v) is 5.64. The van der Waals surface area contributed by atoms with E-state index in [0.717, 1.165) is 13.0 Å². The van der Waals surface area contributed by atoms with Crippen molar-refractivity contribution < 1.29 is 14.3 Å². The molecule has 0 aliphatic carbocycles. The molecular formula is C12H21NO3. The van der Waals surface area contributed by atoms with E-state index in [-0.39, 0.29) is 23.5 Å². The van der Waals surface area contributed by atoms with Crippen LogP contribution in [0.3, 0.4) is 0 Å².